The first kappa shape index (κ1) is 17.5. The lowest BCUT2D eigenvalue weighted by atomic mass is 9.87. The van der Waals surface area contributed by atoms with Gasteiger partial charge in [0.2, 0.25) is 0 Å². The number of likely N-dealkylation sites (tertiary alicyclic amines) is 1. The molecule has 1 aliphatic heterocycles. The van der Waals surface area contributed by atoms with Crippen molar-refractivity contribution in [3.05, 3.63) is 70.8 Å². The third-order valence-electron chi connectivity index (χ3n) is 4.84. The van der Waals surface area contributed by atoms with Crippen LogP contribution in [0.5, 0.6) is 0 Å². The molecule has 25 heavy (non-hydrogen) atoms. The zero-order chi connectivity index (χ0) is 18.0. The number of halogens is 2. The molecule has 1 atom stereocenters. The van der Waals surface area contributed by atoms with E-state index in [1.54, 1.807) is 29.2 Å². The summed E-state index contributed by atoms with van der Waals surface area (Å²) in [5, 5.41) is 10.5. The topological polar surface area (TPSA) is 40.5 Å². The predicted molar refractivity (Wildman–Crippen MR) is 91.1 cm³/mol. The standard InChI is InChI=1S/C20H21F2NO2/c1-13-2-7-18(22)17(12-13)20(25)23-10-8-15(9-11-23)19(24)14-3-5-16(21)6-4-14/h2-7,12,15,19,24H,8-11H2,1H3. The fourth-order valence-corrected chi connectivity index (χ4v) is 3.32. The molecule has 2 aromatic rings. The summed E-state index contributed by atoms with van der Waals surface area (Å²) in [5.41, 5.74) is 1.61. The summed E-state index contributed by atoms with van der Waals surface area (Å²) in [5.74, 6) is -1.16. The fraction of sp³-hybridized carbons (Fsp3) is 0.350. The molecule has 1 amide bonds. The normalized spacial score (nSPS) is 16.7. The largest absolute Gasteiger partial charge is 0.388 e. The lowest BCUT2D eigenvalue weighted by Crippen LogP contribution is -2.40. The number of nitrogens with zero attached hydrogens (tertiary/aromatic N) is 1. The molecule has 5 heteroatoms. The second-order valence-corrected chi connectivity index (χ2v) is 6.61. The van der Waals surface area contributed by atoms with Crippen molar-refractivity contribution < 1.29 is 18.7 Å². The van der Waals surface area contributed by atoms with Gasteiger partial charge >= 0.3 is 0 Å². The van der Waals surface area contributed by atoms with Gasteiger partial charge in [-0.3, -0.25) is 4.79 Å². The van der Waals surface area contributed by atoms with E-state index < -0.39 is 11.9 Å². The number of aliphatic hydroxyl groups is 1. The van der Waals surface area contributed by atoms with Crippen molar-refractivity contribution in [3.8, 4) is 0 Å². The molecule has 0 bridgehead atoms. The van der Waals surface area contributed by atoms with E-state index >= 15 is 0 Å². The molecule has 1 heterocycles. The Morgan fingerprint density at radius 3 is 2.40 bits per heavy atom. The maximum Gasteiger partial charge on any atom is 0.256 e. The molecule has 132 valence electrons. The zero-order valence-corrected chi connectivity index (χ0v) is 14.1. The molecule has 1 N–H and O–H groups in total. The van der Waals surface area contributed by atoms with E-state index in [4.69, 9.17) is 0 Å². The Bertz CT molecular complexity index is 753. The van der Waals surface area contributed by atoms with Gasteiger partial charge in [0.25, 0.3) is 5.91 Å². The van der Waals surface area contributed by atoms with Crippen molar-refractivity contribution >= 4 is 5.91 Å². The lowest BCUT2D eigenvalue weighted by Gasteiger charge is -2.34. The lowest BCUT2D eigenvalue weighted by molar-refractivity contribution is 0.0459. The minimum atomic E-state index is -0.687. The van der Waals surface area contributed by atoms with Crippen LogP contribution in [0.1, 0.15) is 40.4 Å². The second-order valence-electron chi connectivity index (χ2n) is 6.61. The molecule has 1 unspecified atom stereocenters. The van der Waals surface area contributed by atoms with Crippen LogP contribution in [0.15, 0.2) is 42.5 Å². The Kier molecular flexibility index (Phi) is 5.13. The number of amides is 1. The zero-order valence-electron chi connectivity index (χ0n) is 14.1. The number of carbonyl (C=O) groups excluding carboxylic acids is 1. The maximum atomic E-state index is 13.9. The molecule has 0 aliphatic carbocycles. The number of aryl methyl sites for hydroxylation is 1. The highest BCUT2D eigenvalue weighted by molar-refractivity contribution is 5.94. The molecular formula is C20H21F2NO2. The van der Waals surface area contributed by atoms with Crippen LogP contribution in [-0.4, -0.2) is 29.0 Å². The van der Waals surface area contributed by atoms with Gasteiger partial charge in [-0.2, -0.15) is 0 Å². The van der Waals surface area contributed by atoms with Crippen LogP contribution < -0.4 is 0 Å². The van der Waals surface area contributed by atoms with E-state index in [0.717, 1.165) is 5.56 Å². The van der Waals surface area contributed by atoms with Crippen LogP contribution in [0.2, 0.25) is 0 Å². The first-order valence-electron chi connectivity index (χ1n) is 8.44. The second kappa shape index (κ2) is 7.31. The number of rotatable bonds is 3. The first-order chi connectivity index (χ1) is 12.0. The van der Waals surface area contributed by atoms with Gasteiger partial charge in [0.15, 0.2) is 0 Å². The number of hydrogen-bond donors (Lipinski definition) is 1. The summed E-state index contributed by atoms with van der Waals surface area (Å²) in [6.45, 7) is 2.76. The van der Waals surface area contributed by atoms with Gasteiger partial charge in [0, 0.05) is 13.1 Å². The SMILES string of the molecule is Cc1ccc(F)c(C(=O)N2CCC(C(O)c3ccc(F)cc3)CC2)c1. The van der Waals surface area contributed by atoms with Gasteiger partial charge in [0.1, 0.15) is 11.6 Å². The quantitative estimate of drug-likeness (QED) is 0.918. The van der Waals surface area contributed by atoms with Crippen LogP contribution in [0, 0.1) is 24.5 Å². The first-order valence-corrected chi connectivity index (χ1v) is 8.44. The van der Waals surface area contributed by atoms with Crippen molar-refractivity contribution in [1.82, 2.24) is 4.90 Å². The van der Waals surface area contributed by atoms with Gasteiger partial charge < -0.3 is 10.0 Å². The van der Waals surface area contributed by atoms with Gasteiger partial charge in [-0.15, -0.1) is 0 Å². The Morgan fingerprint density at radius 1 is 1.12 bits per heavy atom. The summed E-state index contributed by atoms with van der Waals surface area (Å²) >= 11 is 0. The Hall–Kier alpha value is -2.27. The van der Waals surface area contributed by atoms with Crippen LogP contribution in [0.4, 0.5) is 8.78 Å². The van der Waals surface area contributed by atoms with E-state index in [-0.39, 0.29) is 23.2 Å². The minimum Gasteiger partial charge on any atom is -0.388 e. The Balaban J connectivity index is 1.64. The maximum absolute atomic E-state index is 13.9. The molecule has 1 aliphatic rings. The highest BCUT2D eigenvalue weighted by Crippen LogP contribution is 2.31. The summed E-state index contributed by atoms with van der Waals surface area (Å²) in [6, 6.07) is 10.3. The van der Waals surface area contributed by atoms with E-state index in [1.807, 2.05) is 6.92 Å². The van der Waals surface area contributed by atoms with Crippen molar-refractivity contribution in [1.29, 1.82) is 0 Å². The van der Waals surface area contributed by atoms with E-state index in [1.165, 1.54) is 18.2 Å². The van der Waals surface area contributed by atoms with Crippen molar-refractivity contribution in [2.24, 2.45) is 5.92 Å². The van der Waals surface area contributed by atoms with E-state index in [9.17, 15) is 18.7 Å². The third-order valence-corrected chi connectivity index (χ3v) is 4.84. The summed E-state index contributed by atoms with van der Waals surface area (Å²) in [4.78, 5) is 14.2. The average molecular weight is 345 g/mol. The molecule has 1 fully saturated rings. The van der Waals surface area contributed by atoms with Gasteiger partial charge in [0.05, 0.1) is 11.7 Å². The molecule has 0 spiro atoms. The highest BCUT2D eigenvalue weighted by Gasteiger charge is 2.29. The predicted octanol–water partition coefficient (Wildman–Crippen LogP) is 3.86. The molecule has 0 aromatic heterocycles. The van der Waals surface area contributed by atoms with Crippen molar-refractivity contribution in [3.63, 3.8) is 0 Å². The molecule has 3 rings (SSSR count). The number of benzene rings is 2. The monoisotopic (exact) mass is 345 g/mol. The number of piperidine rings is 1. The molecule has 0 radical (unpaired) electrons. The number of carbonyl (C=O) groups is 1. The smallest absolute Gasteiger partial charge is 0.256 e. The summed E-state index contributed by atoms with van der Waals surface area (Å²) < 4.78 is 26.9. The van der Waals surface area contributed by atoms with Crippen LogP contribution in [0.25, 0.3) is 0 Å². The Morgan fingerprint density at radius 2 is 1.76 bits per heavy atom. The van der Waals surface area contributed by atoms with Gasteiger partial charge in [-0.25, -0.2) is 8.78 Å². The molecule has 2 aromatic carbocycles. The summed E-state index contributed by atoms with van der Waals surface area (Å²) in [6.07, 6.45) is 0.559. The van der Waals surface area contributed by atoms with Crippen LogP contribution in [-0.2, 0) is 0 Å². The van der Waals surface area contributed by atoms with Crippen LogP contribution >= 0.6 is 0 Å². The molecule has 1 saturated heterocycles. The third kappa shape index (κ3) is 3.87. The van der Waals surface area contributed by atoms with Crippen molar-refractivity contribution in [2.45, 2.75) is 25.9 Å². The van der Waals surface area contributed by atoms with E-state index in [2.05, 4.69) is 0 Å². The number of hydrogen-bond acceptors (Lipinski definition) is 2. The van der Waals surface area contributed by atoms with Gasteiger partial charge in [-0.1, -0.05) is 23.8 Å². The fourth-order valence-electron chi connectivity index (χ4n) is 3.32. The van der Waals surface area contributed by atoms with E-state index in [0.29, 0.717) is 31.5 Å². The average Bonchev–Trinajstić information content (AvgIpc) is 2.63. The Labute approximate surface area is 145 Å². The van der Waals surface area contributed by atoms with Gasteiger partial charge in [-0.05, 0) is 55.5 Å². The molecule has 0 saturated carbocycles. The highest BCUT2D eigenvalue weighted by atomic mass is 19.1. The van der Waals surface area contributed by atoms with Crippen molar-refractivity contribution in [2.75, 3.05) is 13.1 Å². The number of aliphatic hydroxyl groups excluding tert-OH is 1. The summed E-state index contributed by atoms with van der Waals surface area (Å²) in [7, 11) is 0. The minimum absolute atomic E-state index is 0.00290. The molecule has 3 nitrogen and oxygen atoms in total. The van der Waals surface area contributed by atoms with Crippen LogP contribution in [0.3, 0.4) is 0 Å². The molecular weight excluding hydrogens is 324 g/mol.